The van der Waals surface area contributed by atoms with E-state index in [0.717, 1.165) is 38.5 Å². The molecule has 0 fully saturated rings. The van der Waals surface area contributed by atoms with Gasteiger partial charge in [0.2, 0.25) is 0 Å². The van der Waals surface area contributed by atoms with E-state index in [1.165, 1.54) is 141 Å². The van der Waals surface area contributed by atoms with Crippen LogP contribution in [-0.4, -0.2) is 23.1 Å². The summed E-state index contributed by atoms with van der Waals surface area (Å²) in [4.78, 5) is 22.7. The van der Waals surface area contributed by atoms with Crippen molar-refractivity contribution in [2.45, 2.75) is 213 Å². The molecule has 4 nitrogen and oxygen atoms in total. The van der Waals surface area contributed by atoms with Crippen LogP contribution in [0.2, 0.25) is 0 Å². The van der Waals surface area contributed by atoms with Crippen LogP contribution in [0.5, 0.6) is 0 Å². The second kappa shape index (κ2) is 33.2. The molecule has 0 bridgehead atoms. The first-order chi connectivity index (χ1) is 20.1. The van der Waals surface area contributed by atoms with E-state index in [9.17, 15) is 9.59 Å². The van der Waals surface area contributed by atoms with Gasteiger partial charge in [0.05, 0.1) is 0 Å². The van der Waals surface area contributed by atoms with Gasteiger partial charge in [-0.15, -0.1) is 0 Å². The summed E-state index contributed by atoms with van der Waals surface area (Å²) in [7, 11) is 0. The molecular weight excluding hydrogens is 508 g/mol. The van der Waals surface area contributed by atoms with E-state index in [1.807, 2.05) is 0 Å². The van der Waals surface area contributed by atoms with Crippen LogP contribution in [0, 0.1) is 0 Å². The summed E-state index contributed by atoms with van der Waals surface area (Å²) in [6.07, 6.45) is 40.3. The molecule has 0 rings (SSSR count). The van der Waals surface area contributed by atoms with Gasteiger partial charge in [0.15, 0.2) is 0 Å². The number of carboxylic acid groups (broad SMARTS) is 1. The quantitative estimate of drug-likeness (QED) is 0.0478. The Morgan fingerprint density at radius 3 is 1.37 bits per heavy atom. The van der Waals surface area contributed by atoms with Crippen molar-refractivity contribution in [2.24, 2.45) is 0 Å². The minimum atomic E-state index is -0.663. The van der Waals surface area contributed by atoms with E-state index in [4.69, 9.17) is 9.84 Å². The fourth-order valence-corrected chi connectivity index (χ4v) is 5.51. The number of carbonyl (C=O) groups excluding carboxylic acids is 1. The molecule has 0 heterocycles. The topological polar surface area (TPSA) is 63.6 Å². The molecule has 0 aromatic heterocycles. The maximum atomic E-state index is 12.2. The standard InChI is InChI=1S/C37H70O4/c1-3-5-6-7-8-9-10-19-22-25-28-31-34-37(40)41-35(4-2)32-29-26-23-20-17-15-13-11-12-14-16-18-21-24-27-30-33-36(38)39/h7-8,35H,3-6,9-34H2,1-2H3,(H,38,39)/b8-7-. The van der Waals surface area contributed by atoms with Crippen molar-refractivity contribution in [3.63, 3.8) is 0 Å². The highest BCUT2D eigenvalue weighted by molar-refractivity contribution is 5.69. The predicted molar refractivity (Wildman–Crippen MR) is 177 cm³/mol. The van der Waals surface area contributed by atoms with Gasteiger partial charge in [-0.05, 0) is 51.4 Å². The van der Waals surface area contributed by atoms with Gasteiger partial charge >= 0.3 is 11.9 Å². The smallest absolute Gasteiger partial charge is 0.306 e. The molecule has 0 amide bonds. The molecule has 0 aromatic rings. The summed E-state index contributed by atoms with van der Waals surface area (Å²) in [5, 5.41) is 8.64. The van der Waals surface area contributed by atoms with E-state index in [1.54, 1.807) is 0 Å². The first kappa shape index (κ1) is 39.7. The Bertz CT molecular complexity index is 585. The van der Waals surface area contributed by atoms with E-state index in [2.05, 4.69) is 26.0 Å². The van der Waals surface area contributed by atoms with Gasteiger partial charge < -0.3 is 9.84 Å². The number of esters is 1. The largest absolute Gasteiger partial charge is 0.481 e. The van der Waals surface area contributed by atoms with Crippen molar-refractivity contribution >= 4 is 11.9 Å². The van der Waals surface area contributed by atoms with Crippen LogP contribution < -0.4 is 0 Å². The second-order valence-corrected chi connectivity index (χ2v) is 12.4. The summed E-state index contributed by atoms with van der Waals surface area (Å²) in [5.74, 6) is -0.648. The monoisotopic (exact) mass is 579 g/mol. The molecule has 0 aliphatic carbocycles. The lowest BCUT2D eigenvalue weighted by Gasteiger charge is -2.16. The third-order valence-electron chi connectivity index (χ3n) is 8.31. The first-order valence-corrected chi connectivity index (χ1v) is 18.2. The summed E-state index contributed by atoms with van der Waals surface area (Å²) in [5.41, 5.74) is 0. The molecular formula is C37H70O4. The Morgan fingerprint density at radius 2 is 0.927 bits per heavy atom. The van der Waals surface area contributed by atoms with Crippen molar-refractivity contribution < 1.29 is 19.4 Å². The number of allylic oxidation sites excluding steroid dienone is 2. The minimum absolute atomic E-state index is 0.0158. The zero-order valence-electron chi connectivity index (χ0n) is 27.6. The lowest BCUT2D eigenvalue weighted by atomic mass is 10.0. The number of hydrogen-bond donors (Lipinski definition) is 1. The van der Waals surface area contributed by atoms with E-state index in [0.29, 0.717) is 12.8 Å². The fraction of sp³-hybridized carbons (Fsp3) is 0.892. The molecule has 0 aliphatic heterocycles. The highest BCUT2D eigenvalue weighted by Crippen LogP contribution is 2.17. The van der Waals surface area contributed by atoms with Crippen molar-refractivity contribution in [3.05, 3.63) is 12.2 Å². The number of rotatable bonds is 33. The van der Waals surface area contributed by atoms with Crippen LogP contribution in [-0.2, 0) is 14.3 Å². The molecule has 0 aromatic carbocycles. The van der Waals surface area contributed by atoms with E-state index >= 15 is 0 Å². The molecule has 0 saturated carbocycles. The molecule has 242 valence electrons. The van der Waals surface area contributed by atoms with Crippen LogP contribution in [0.15, 0.2) is 12.2 Å². The molecule has 0 radical (unpaired) electrons. The normalized spacial score (nSPS) is 12.2. The minimum Gasteiger partial charge on any atom is -0.481 e. The van der Waals surface area contributed by atoms with Crippen LogP contribution in [0.25, 0.3) is 0 Å². The Hall–Kier alpha value is -1.32. The van der Waals surface area contributed by atoms with Gasteiger partial charge in [-0.1, -0.05) is 154 Å². The molecule has 4 heteroatoms. The molecule has 0 spiro atoms. The number of ether oxygens (including phenoxy) is 1. The van der Waals surface area contributed by atoms with E-state index in [-0.39, 0.29) is 12.1 Å². The summed E-state index contributed by atoms with van der Waals surface area (Å²) in [6, 6.07) is 0. The fourth-order valence-electron chi connectivity index (χ4n) is 5.51. The van der Waals surface area contributed by atoms with Crippen LogP contribution in [0.4, 0.5) is 0 Å². The van der Waals surface area contributed by atoms with Gasteiger partial charge in [-0.2, -0.15) is 0 Å². The summed E-state index contributed by atoms with van der Waals surface area (Å²) >= 11 is 0. The van der Waals surface area contributed by atoms with Gasteiger partial charge in [-0.3, -0.25) is 9.59 Å². The Labute approximate surface area is 255 Å². The van der Waals surface area contributed by atoms with Gasteiger partial charge in [0.25, 0.3) is 0 Å². The molecule has 1 atom stereocenters. The van der Waals surface area contributed by atoms with Crippen molar-refractivity contribution in [3.8, 4) is 0 Å². The van der Waals surface area contributed by atoms with Crippen molar-refractivity contribution in [1.82, 2.24) is 0 Å². The Balaban J connectivity index is 3.40. The van der Waals surface area contributed by atoms with Crippen molar-refractivity contribution in [1.29, 1.82) is 0 Å². The van der Waals surface area contributed by atoms with Crippen LogP contribution in [0.1, 0.15) is 206 Å². The third-order valence-corrected chi connectivity index (χ3v) is 8.31. The summed E-state index contributed by atoms with van der Waals surface area (Å²) in [6.45, 7) is 4.38. The molecule has 41 heavy (non-hydrogen) atoms. The van der Waals surface area contributed by atoms with E-state index < -0.39 is 5.97 Å². The first-order valence-electron chi connectivity index (χ1n) is 18.2. The van der Waals surface area contributed by atoms with Gasteiger partial charge in [0.1, 0.15) is 6.10 Å². The SMILES string of the molecule is CCCC/C=C\CCCCCCCCC(=O)OC(CC)CCCCCCCCCCCCCCCCCCC(=O)O. The van der Waals surface area contributed by atoms with Crippen molar-refractivity contribution in [2.75, 3.05) is 0 Å². The van der Waals surface area contributed by atoms with Crippen LogP contribution in [0.3, 0.4) is 0 Å². The number of aliphatic carboxylic acids is 1. The maximum Gasteiger partial charge on any atom is 0.306 e. The number of carbonyl (C=O) groups is 2. The molecule has 0 saturated heterocycles. The zero-order valence-corrected chi connectivity index (χ0v) is 27.6. The average molecular weight is 579 g/mol. The second-order valence-electron chi connectivity index (χ2n) is 12.4. The Morgan fingerprint density at radius 1 is 0.537 bits per heavy atom. The molecule has 1 N–H and O–H groups in total. The van der Waals surface area contributed by atoms with Gasteiger partial charge in [-0.25, -0.2) is 0 Å². The average Bonchev–Trinajstić information content (AvgIpc) is 2.96. The molecule has 0 aliphatic rings. The number of carboxylic acids is 1. The Kier molecular flexibility index (Phi) is 32.1. The zero-order chi connectivity index (χ0) is 30.1. The summed E-state index contributed by atoms with van der Waals surface area (Å²) < 4.78 is 5.77. The lowest BCUT2D eigenvalue weighted by Crippen LogP contribution is -2.17. The predicted octanol–water partition coefficient (Wildman–Crippen LogP) is 12.3. The number of hydrogen-bond acceptors (Lipinski definition) is 3. The number of unbranched alkanes of at least 4 members (excludes halogenated alkanes) is 23. The van der Waals surface area contributed by atoms with Gasteiger partial charge in [0, 0.05) is 12.8 Å². The maximum absolute atomic E-state index is 12.2. The highest BCUT2D eigenvalue weighted by Gasteiger charge is 2.12. The lowest BCUT2D eigenvalue weighted by molar-refractivity contribution is -0.149. The molecule has 1 unspecified atom stereocenters. The third kappa shape index (κ3) is 33.1. The highest BCUT2D eigenvalue weighted by atomic mass is 16.5. The van der Waals surface area contributed by atoms with Crippen LogP contribution >= 0.6 is 0 Å².